The van der Waals surface area contributed by atoms with Crippen LogP contribution in [0.3, 0.4) is 0 Å². The van der Waals surface area contributed by atoms with Gasteiger partial charge in [-0.2, -0.15) is 13.2 Å². The fraction of sp³-hybridized carbons (Fsp3) is 0.500. The van der Waals surface area contributed by atoms with Crippen molar-refractivity contribution in [1.82, 2.24) is 0 Å². The zero-order valence-electron chi connectivity index (χ0n) is 9.45. The fourth-order valence-electron chi connectivity index (χ4n) is 1.43. The van der Waals surface area contributed by atoms with Gasteiger partial charge in [-0.25, -0.2) is 0 Å². The van der Waals surface area contributed by atoms with Gasteiger partial charge in [-0.3, -0.25) is 0 Å². The molecule has 0 radical (unpaired) electrons. The molecule has 0 unspecified atom stereocenters. The molecule has 1 aromatic carbocycles. The summed E-state index contributed by atoms with van der Waals surface area (Å²) in [4.78, 5) is 0. The van der Waals surface area contributed by atoms with Gasteiger partial charge in [0.2, 0.25) is 0 Å². The molecule has 0 bridgehead atoms. The van der Waals surface area contributed by atoms with Crippen LogP contribution in [0.5, 0.6) is 0 Å². The van der Waals surface area contributed by atoms with Gasteiger partial charge >= 0.3 is 6.18 Å². The molecule has 0 spiro atoms. The number of hydrogen-bond donors (Lipinski definition) is 0. The SMILES string of the molecule is CCC(C)(C)c1ccc(C(F)(F)F)cc1Br. The molecule has 1 aromatic rings. The molecule has 0 nitrogen and oxygen atoms in total. The molecule has 0 saturated heterocycles. The third-order valence-corrected chi connectivity index (χ3v) is 3.57. The second-order valence-electron chi connectivity index (χ2n) is 4.43. The zero-order chi connectivity index (χ0) is 12.6. The molecule has 0 saturated carbocycles. The Morgan fingerprint density at radius 3 is 2.12 bits per heavy atom. The molecule has 90 valence electrons. The monoisotopic (exact) mass is 294 g/mol. The van der Waals surface area contributed by atoms with Gasteiger partial charge in [0.1, 0.15) is 0 Å². The van der Waals surface area contributed by atoms with Crippen LogP contribution in [-0.2, 0) is 11.6 Å². The number of halogens is 4. The lowest BCUT2D eigenvalue weighted by atomic mass is 9.82. The van der Waals surface area contributed by atoms with E-state index in [0.717, 1.165) is 24.1 Å². The number of benzene rings is 1. The summed E-state index contributed by atoms with van der Waals surface area (Å²) < 4.78 is 37.9. The first-order chi connectivity index (χ1) is 7.18. The predicted molar refractivity (Wildman–Crippen MR) is 62.5 cm³/mol. The van der Waals surface area contributed by atoms with Gasteiger partial charge < -0.3 is 0 Å². The van der Waals surface area contributed by atoms with Crippen LogP contribution < -0.4 is 0 Å². The Hall–Kier alpha value is -0.510. The topological polar surface area (TPSA) is 0 Å². The normalized spacial score (nSPS) is 12.9. The molecular weight excluding hydrogens is 281 g/mol. The summed E-state index contributed by atoms with van der Waals surface area (Å²) in [6.07, 6.45) is -3.41. The quantitative estimate of drug-likeness (QED) is 0.707. The molecule has 0 aromatic heterocycles. The van der Waals surface area contributed by atoms with Crippen LogP contribution in [-0.4, -0.2) is 0 Å². The molecule has 0 aliphatic carbocycles. The fourth-order valence-corrected chi connectivity index (χ4v) is 2.35. The van der Waals surface area contributed by atoms with Gasteiger partial charge in [-0.15, -0.1) is 0 Å². The summed E-state index contributed by atoms with van der Waals surface area (Å²) in [6.45, 7) is 6.05. The molecule has 16 heavy (non-hydrogen) atoms. The summed E-state index contributed by atoms with van der Waals surface area (Å²) in [5, 5.41) is 0. The summed E-state index contributed by atoms with van der Waals surface area (Å²) in [7, 11) is 0. The number of rotatable bonds is 2. The maximum absolute atomic E-state index is 12.5. The van der Waals surface area contributed by atoms with E-state index in [-0.39, 0.29) is 5.41 Å². The van der Waals surface area contributed by atoms with Gasteiger partial charge in [-0.1, -0.05) is 42.8 Å². The van der Waals surface area contributed by atoms with E-state index in [1.54, 1.807) is 6.07 Å². The first-order valence-corrected chi connectivity index (χ1v) is 5.85. The minimum absolute atomic E-state index is 0.122. The lowest BCUT2D eigenvalue weighted by molar-refractivity contribution is -0.137. The summed E-state index contributed by atoms with van der Waals surface area (Å²) in [6, 6.07) is 3.83. The lowest BCUT2D eigenvalue weighted by Gasteiger charge is -2.25. The van der Waals surface area contributed by atoms with E-state index in [1.807, 2.05) is 20.8 Å². The summed E-state index contributed by atoms with van der Waals surface area (Å²) in [5.74, 6) is 0. The largest absolute Gasteiger partial charge is 0.416 e. The molecule has 0 aliphatic rings. The molecule has 0 N–H and O–H groups in total. The van der Waals surface area contributed by atoms with Crippen molar-refractivity contribution in [2.24, 2.45) is 0 Å². The van der Waals surface area contributed by atoms with Crippen LogP contribution in [0, 0.1) is 0 Å². The molecule has 4 heteroatoms. The smallest absolute Gasteiger partial charge is 0.166 e. The highest BCUT2D eigenvalue weighted by Gasteiger charge is 2.32. The van der Waals surface area contributed by atoms with Crippen molar-refractivity contribution in [3.8, 4) is 0 Å². The van der Waals surface area contributed by atoms with Crippen LogP contribution in [0.2, 0.25) is 0 Å². The van der Waals surface area contributed by atoms with E-state index in [1.165, 1.54) is 0 Å². The highest BCUT2D eigenvalue weighted by Crippen LogP contribution is 2.37. The van der Waals surface area contributed by atoms with E-state index in [2.05, 4.69) is 15.9 Å². The van der Waals surface area contributed by atoms with Crippen LogP contribution in [0.15, 0.2) is 22.7 Å². The Morgan fingerprint density at radius 1 is 1.19 bits per heavy atom. The Morgan fingerprint density at radius 2 is 1.75 bits per heavy atom. The van der Waals surface area contributed by atoms with E-state index >= 15 is 0 Å². The third-order valence-electron chi connectivity index (χ3n) is 2.91. The minimum atomic E-state index is -4.28. The van der Waals surface area contributed by atoms with E-state index in [9.17, 15) is 13.2 Å². The van der Waals surface area contributed by atoms with Crippen LogP contribution in [0.4, 0.5) is 13.2 Å². The lowest BCUT2D eigenvalue weighted by Crippen LogP contribution is -2.17. The molecule has 0 heterocycles. The van der Waals surface area contributed by atoms with Crippen molar-refractivity contribution >= 4 is 15.9 Å². The minimum Gasteiger partial charge on any atom is -0.166 e. The Labute approximate surface area is 102 Å². The average molecular weight is 295 g/mol. The van der Waals surface area contributed by atoms with Gasteiger partial charge in [-0.05, 0) is 29.5 Å². The maximum Gasteiger partial charge on any atom is 0.416 e. The van der Waals surface area contributed by atoms with Crippen molar-refractivity contribution in [2.45, 2.75) is 38.8 Å². The van der Waals surface area contributed by atoms with Crippen molar-refractivity contribution in [3.05, 3.63) is 33.8 Å². The Kier molecular flexibility index (Phi) is 3.72. The molecule has 1 rings (SSSR count). The number of alkyl halides is 3. The summed E-state index contributed by atoms with van der Waals surface area (Å²) in [5.41, 5.74) is 0.168. The molecule has 0 amide bonds. The average Bonchev–Trinajstić information content (AvgIpc) is 2.16. The number of hydrogen-bond acceptors (Lipinski definition) is 0. The molecular formula is C12H14BrF3. The van der Waals surface area contributed by atoms with Crippen molar-refractivity contribution in [1.29, 1.82) is 0 Å². The zero-order valence-corrected chi connectivity index (χ0v) is 11.0. The predicted octanol–water partition coefficient (Wildman–Crippen LogP) is 5.16. The first-order valence-electron chi connectivity index (χ1n) is 5.05. The third kappa shape index (κ3) is 2.78. The van der Waals surface area contributed by atoms with Crippen LogP contribution in [0.1, 0.15) is 38.3 Å². The Bertz CT molecular complexity index is 380. The molecule has 0 fully saturated rings. The molecule has 0 atom stereocenters. The first kappa shape index (κ1) is 13.6. The standard InChI is InChI=1S/C12H14BrF3/c1-4-11(2,3)9-6-5-8(7-10(9)13)12(14,15)16/h5-7H,4H2,1-3H3. The van der Waals surface area contributed by atoms with Gasteiger partial charge in [0.05, 0.1) is 5.56 Å². The Balaban J connectivity index is 3.20. The van der Waals surface area contributed by atoms with Gasteiger partial charge in [0, 0.05) is 4.47 Å². The summed E-state index contributed by atoms with van der Waals surface area (Å²) >= 11 is 3.22. The van der Waals surface area contributed by atoms with Crippen molar-refractivity contribution in [3.63, 3.8) is 0 Å². The van der Waals surface area contributed by atoms with E-state index in [4.69, 9.17) is 0 Å². The highest BCUT2D eigenvalue weighted by molar-refractivity contribution is 9.10. The highest BCUT2D eigenvalue weighted by atomic mass is 79.9. The molecule has 0 aliphatic heterocycles. The van der Waals surface area contributed by atoms with E-state index in [0.29, 0.717) is 4.47 Å². The van der Waals surface area contributed by atoms with Crippen molar-refractivity contribution in [2.75, 3.05) is 0 Å². The van der Waals surface area contributed by atoms with E-state index < -0.39 is 11.7 Å². The van der Waals surface area contributed by atoms with Crippen LogP contribution in [0.25, 0.3) is 0 Å². The second kappa shape index (κ2) is 4.40. The second-order valence-corrected chi connectivity index (χ2v) is 5.28. The van der Waals surface area contributed by atoms with Crippen molar-refractivity contribution < 1.29 is 13.2 Å². The van der Waals surface area contributed by atoms with Crippen LogP contribution >= 0.6 is 15.9 Å². The van der Waals surface area contributed by atoms with Gasteiger partial charge in [0.25, 0.3) is 0 Å². The van der Waals surface area contributed by atoms with Gasteiger partial charge in [0.15, 0.2) is 0 Å². The maximum atomic E-state index is 12.5.